The van der Waals surface area contributed by atoms with Crippen molar-refractivity contribution >= 4 is 35.0 Å². The molecule has 0 aliphatic rings. The summed E-state index contributed by atoms with van der Waals surface area (Å²) in [6.07, 6.45) is 0. The van der Waals surface area contributed by atoms with Gasteiger partial charge in [-0.1, -0.05) is 17.7 Å². The maximum Gasteiger partial charge on any atom is 0.234 e. The number of anilines is 1. The van der Waals surface area contributed by atoms with Gasteiger partial charge in [-0.15, -0.1) is 11.8 Å². The van der Waals surface area contributed by atoms with E-state index in [9.17, 15) is 9.18 Å². The van der Waals surface area contributed by atoms with E-state index in [-0.39, 0.29) is 17.4 Å². The average Bonchev–Trinajstić information content (AvgIpc) is 2.50. The van der Waals surface area contributed by atoms with E-state index >= 15 is 0 Å². The van der Waals surface area contributed by atoms with Crippen molar-refractivity contribution in [3.8, 4) is 5.75 Å². The molecule has 2 aromatic rings. The van der Waals surface area contributed by atoms with E-state index in [0.717, 1.165) is 5.56 Å². The molecule has 0 spiro atoms. The Bertz CT molecular complexity index is 649. The normalized spacial score (nSPS) is 10.3. The van der Waals surface area contributed by atoms with Crippen LogP contribution in [0.25, 0.3) is 0 Å². The van der Waals surface area contributed by atoms with Gasteiger partial charge in [0.05, 0.1) is 12.9 Å². The molecule has 0 bridgehead atoms. The number of hydrogen-bond donors (Lipinski definition) is 1. The van der Waals surface area contributed by atoms with Crippen LogP contribution < -0.4 is 10.1 Å². The lowest BCUT2D eigenvalue weighted by Gasteiger charge is -2.06. The summed E-state index contributed by atoms with van der Waals surface area (Å²) in [4.78, 5) is 11.8. The minimum Gasteiger partial charge on any atom is -0.494 e. The fourth-order valence-electron chi connectivity index (χ4n) is 1.79. The van der Waals surface area contributed by atoms with Crippen LogP contribution in [0.2, 0.25) is 5.02 Å². The number of halogens is 2. The summed E-state index contributed by atoms with van der Waals surface area (Å²) in [5.74, 6) is 0.548. The van der Waals surface area contributed by atoms with E-state index in [2.05, 4.69) is 5.32 Å². The Balaban J connectivity index is 1.79. The first-order chi connectivity index (χ1) is 10.6. The summed E-state index contributed by atoms with van der Waals surface area (Å²) in [6.45, 7) is 0. The van der Waals surface area contributed by atoms with Crippen LogP contribution in [-0.4, -0.2) is 18.8 Å². The lowest BCUT2D eigenvalue weighted by atomic mass is 10.2. The Labute approximate surface area is 137 Å². The Hall–Kier alpha value is -1.72. The predicted molar refractivity (Wildman–Crippen MR) is 89.2 cm³/mol. The molecule has 2 rings (SSSR count). The summed E-state index contributed by atoms with van der Waals surface area (Å²) in [5, 5.41) is 3.39. The van der Waals surface area contributed by atoms with Gasteiger partial charge in [0, 0.05) is 16.5 Å². The molecule has 1 amide bonds. The minimum atomic E-state index is -0.397. The van der Waals surface area contributed by atoms with Crippen molar-refractivity contribution in [3.05, 3.63) is 58.9 Å². The van der Waals surface area contributed by atoms with E-state index in [4.69, 9.17) is 16.3 Å². The van der Waals surface area contributed by atoms with Crippen LogP contribution in [0.4, 0.5) is 10.1 Å². The molecule has 3 nitrogen and oxygen atoms in total. The third kappa shape index (κ3) is 4.93. The van der Waals surface area contributed by atoms with Crippen molar-refractivity contribution in [2.75, 3.05) is 18.2 Å². The zero-order valence-corrected chi connectivity index (χ0v) is 13.5. The highest BCUT2D eigenvalue weighted by atomic mass is 35.5. The van der Waals surface area contributed by atoms with Crippen molar-refractivity contribution in [1.82, 2.24) is 0 Å². The summed E-state index contributed by atoms with van der Waals surface area (Å²) >= 11 is 7.19. The molecule has 0 aliphatic carbocycles. The molecule has 1 N–H and O–H groups in total. The molecule has 0 saturated heterocycles. The molecule has 22 heavy (non-hydrogen) atoms. The lowest BCUT2D eigenvalue weighted by molar-refractivity contribution is -0.113. The van der Waals surface area contributed by atoms with Crippen molar-refractivity contribution in [1.29, 1.82) is 0 Å². The lowest BCUT2D eigenvalue weighted by Crippen LogP contribution is -2.14. The number of hydrogen-bond acceptors (Lipinski definition) is 3. The largest absolute Gasteiger partial charge is 0.494 e. The van der Waals surface area contributed by atoms with Crippen molar-refractivity contribution in [2.24, 2.45) is 0 Å². The number of thioether (sulfide) groups is 1. The summed E-state index contributed by atoms with van der Waals surface area (Å²) in [5.41, 5.74) is 1.51. The van der Waals surface area contributed by atoms with Gasteiger partial charge >= 0.3 is 0 Å². The van der Waals surface area contributed by atoms with Gasteiger partial charge in [0.1, 0.15) is 0 Å². The van der Waals surface area contributed by atoms with Gasteiger partial charge < -0.3 is 10.1 Å². The number of benzene rings is 2. The number of ether oxygens (including phenoxy) is 1. The zero-order chi connectivity index (χ0) is 15.9. The Morgan fingerprint density at radius 1 is 1.27 bits per heavy atom. The molecule has 0 aromatic heterocycles. The van der Waals surface area contributed by atoms with Crippen LogP contribution in [0, 0.1) is 5.82 Å². The van der Waals surface area contributed by atoms with Crippen LogP contribution in [0.3, 0.4) is 0 Å². The van der Waals surface area contributed by atoms with Gasteiger partial charge in [-0.05, 0) is 42.0 Å². The second-order valence-electron chi connectivity index (χ2n) is 4.52. The van der Waals surface area contributed by atoms with Crippen molar-refractivity contribution < 1.29 is 13.9 Å². The second kappa shape index (κ2) is 8.06. The molecule has 0 aliphatic heterocycles. The van der Waals surface area contributed by atoms with Crippen LogP contribution in [0.5, 0.6) is 5.75 Å². The highest BCUT2D eigenvalue weighted by Gasteiger charge is 2.06. The Kier molecular flexibility index (Phi) is 6.10. The van der Waals surface area contributed by atoms with Gasteiger partial charge in [0.15, 0.2) is 11.6 Å². The molecule has 0 atom stereocenters. The topological polar surface area (TPSA) is 38.3 Å². The highest BCUT2D eigenvalue weighted by molar-refractivity contribution is 7.99. The SMILES string of the molecule is COc1ccc(CSCC(=O)Nc2ccc(Cl)cc2)cc1F. The highest BCUT2D eigenvalue weighted by Crippen LogP contribution is 2.21. The molecule has 0 unspecified atom stereocenters. The third-order valence-electron chi connectivity index (χ3n) is 2.85. The smallest absolute Gasteiger partial charge is 0.234 e. The number of rotatable bonds is 6. The van der Waals surface area contributed by atoms with Crippen LogP contribution in [0.15, 0.2) is 42.5 Å². The van der Waals surface area contributed by atoms with Crippen LogP contribution >= 0.6 is 23.4 Å². The van der Waals surface area contributed by atoms with E-state index in [1.807, 2.05) is 0 Å². The van der Waals surface area contributed by atoms with Crippen molar-refractivity contribution in [3.63, 3.8) is 0 Å². The monoisotopic (exact) mass is 339 g/mol. The quantitative estimate of drug-likeness (QED) is 0.849. The van der Waals surface area contributed by atoms with E-state index < -0.39 is 5.82 Å². The Morgan fingerprint density at radius 2 is 2.00 bits per heavy atom. The number of methoxy groups -OCH3 is 1. The van der Waals surface area contributed by atoms with Gasteiger partial charge in [-0.2, -0.15) is 0 Å². The van der Waals surface area contributed by atoms with Gasteiger partial charge in [-0.3, -0.25) is 4.79 Å². The van der Waals surface area contributed by atoms with Crippen LogP contribution in [0.1, 0.15) is 5.56 Å². The molecule has 0 radical (unpaired) electrons. The van der Waals surface area contributed by atoms with Crippen LogP contribution in [-0.2, 0) is 10.5 Å². The minimum absolute atomic E-state index is 0.110. The maximum absolute atomic E-state index is 13.5. The van der Waals surface area contributed by atoms with Gasteiger partial charge in [0.2, 0.25) is 5.91 Å². The molecule has 0 fully saturated rings. The molecule has 2 aromatic carbocycles. The molecular formula is C16H15ClFNO2S. The Morgan fingerprint density at radius 3 is 2.64 bits per heavy atom. The standard InChI is InChI=1S/C16H15ClFNO2S/c1-21-15-7-2-11(8-14(15)18)9-22-10-16(20)19-13-5-3-12(17)4-6-13/h2-8H,9-10H2,1H3,(H,19,20). The number of nitrogens with one attached hydrogen (secondary N) is 1. The summed E-state index contributed by atoms with van der Waals surface area (Å²) in [6, 6.07) is 11.7. The first-order valence-electron chi connectivity index (χ1n) is 6.54. The maximum atomic E-state index is 13.5. The second-order valence-corrected chi connectivity index (χ2v) is 5.94. The number of carbonyl (C=O) groups is 1. The number of carbonyl (C=O) groups excluding carboxylic acids is 1. The molecule has 116 valence electrons. The fraction of sp³-hybridized carbons (Fsp3) is 0.188. The molecule has 0 saturated carbocycles. The van der Waals surface area contributed by atoms with Gasteiger partial charge in [-0.25, -0.2) is 4.39 Å². The van der Waals surface area contributed by atoms with Gasteiger partial charge in [0.25, 0.3) is 0 Å². The third-order valence-corrected chi connectivity index (χ3v) is 4.10. The molecule has 0 heterocycles. The van der Waals surface area contributed by atoms with E-state index in [0.29, 0.717) is 16.5 Å². The molecule has 6 heteroatoms. The number of amides is 1. The fourth-order valence-corrected chi connectivity index (χ4v) is 2.69. The average molecular weight is 340 g/mol. The van der Waals surface area contributed by atoms with Crippen molar-refractivity contribution in [2.45, 2.75) is 5.75 Å². The van der Waals surface area contributed by atoms with E-state index in [1.165, 1.54) is 24.9 Å². The zero-order valence-electron chi connectivity index (χ0n) is 11.9. The summed E-state index contributed by atoms with van der Waals surface area (Å²) < 4.78 is 18.4. The first-order valence-corrected chi connectivity index (χ1v) is 8.07. The molecular weight excluding hydrogens is 325 g/mol. The predicted octanol–water partition coefficient (Wildman–Crippen LogP) is 4.36. The first kappa shape index (κ1) is 16.6. The summed E-state index contributed by atoms with van der Waals surface area (Å²) in [7, 11) is 1.42. The van der Waals surface area contributed by atoms with E-state index in [1.54, 1.807) is 36.4 Å².